The third kappa shape index (κ3) is 5.19. The monoisotopic (exact) mass is 485 g/mol. The van der Waals surface area contributed by atoms with Gasteiger partial charge in [-0.25, -0.2) is 0 Å². The molecule has 0 aromatic heterocycles. The SMILES string of the molecule is O=S([O-])c1cccc(P(c2cccc(S(=O)(=O)O)c2)c2cccc(S(=O)(=O)O)c2)c1. The topological polar surface area (TPSA) is 149 Å². The Kier molecular flexibility index (Phi) is 6.54. The molecule has 3 aromatic rings. The Morgan fingerprint density at radius 3 is 1.50 bits per heavy atom. The molecule has 0 aliphatic heterocycles. The minimum absolute atomic E-state index is 0.00290. The van der Waals surface area contributed by atoms with Gasteiger partial charge in [-0.05, 0) is 71.3 Å². The zero-order valence-corrected chi connectivity index (χ0v) is 18.3. The van der Waals surface area contributed by atoms with Crippen molar-refractivity contribution < 1.29 is 34.7 Å². The van der Waals surface area contributed by atoms with Gasteiger partial charge in [0.1, 0.15) is 0 Å². The summed E-state index contributed by atoms with van der Waals surface area (Å²) in [6.07, 6.45) is 0. The average molecular weight is 485 g/mol. The molecule has 30 heavy (non-hydrogen) atoms. The summed E-state index contributed by atoms with van der Waals surface area (Å²) in [4.78, 5) is -0.721. The predicted octanol–water partition coefficient (Wildman–Crippen LogP) is 1.18. The van der Waals surface area contributed by atoms with E-state index in [0.717, 1.165) is 0 Å². The van der Waals surface area contributed by atoms with E-state index in [-0.39, 0.29) is 14.7 Å². The van der Waals surface area contributed by atoms with Gasteiger partial charge in [-0.2, -0.15) is 16.8 Å². The van der Waals surface area contributed by atoms with Crippen LogP contribution in [0.5, 0.6) is 0 Å². The van der Waals surface area contributed by atoms with E-state index in [2.05, 4.69) is 0 Å². The number of hydrogen-bond donors (Lipinski definition) is 2. The molecule has 158 valence electrons. The van der Waals surface area contributed by atoms with Crippen LogP contribution in [0.1, 0.15) is 0 Å². The minimum Gasteiger partial charge on any atom is -0.768 e. The molecule has 1 atom stereocenters. The molecule has 1 unspecified atom stereocenters. The van der Waals surface area contributed by atoms with Crippen molar-refractivity contribution in [2.45, 2.75) is 14.7 Å². The van der Waals surface area contributed by atoms with Gasteiger partial charge in [-0.1, -0.05) is 36.4 Å². The lowest BCUT2D eigenvalue weighted by Gasteiger charge is -2.21. The average Bonchev–Trinajstić information content (AvgIpc) is 2.68. The quantitative estimate of drug-likeness (QED) is 0.300. The molecule has 0 aliphatic carbocycles. The molecule has 3 aromatic carbocycles. The van der Waals surface area contributed by atoms with Crippen molar-refractivity contribution in [3.8, 4) is 0 Å². The Morgan fingerprint density at radius 2 is 1.10 bits per heavy atom. The summed E-state index contributed by atoms with van der Waals surface area (Å²) in [5.74, 6) is 0. The fraction of sp³-hybridized carbons (Fsp3) is 0. The first-order valence-corrected chi connectivity index (χ1v) is 13.4. The van der Waals surface area contributed by atoms with Crippen LogP contribution in [0, 0.1) is 0 Å². The van der Waals surface area contributed by atoms with Gasteiger partial charge in [0.05, 0.1) is 9.79 Å². The highest BCUT2D eigenvalue weighted by molar-refractivity contribution is 7.86. The second-order valence-corrected chi connectivity index (χ2v) is 12.0. The molecular formula is C18H14O8PS3-. The van der Waals surface area contributed by atoms with Crippen LogP contribution < -0.4 is 15.9 Å². The zero-order valence-electron chi connectivity index (χ0n) is 14.9. The molecule has 0 heterocycles. The van der Waals surface area contributed by atoms with Crippen LogP contribution in [0.2, 0.25) is 0 Å². The highest BCUT2D eigenvalue weighted by Gasteiger charge is 2.21. The molecule has 0 fully saturated rings. The van der Waals surface area contributed by atoms with Gasteiger partial charge >= 0.3 is 0 Å². The Bertz CT molecular complexity index is 1260. The fourth-order valence-corrected chi connectivity index (χ4v) is 6.87. The van der Waals surface area contributed by atoms with E-state index in [4.69, 9.17) is 0 Å². The van der Waals surface area contributed by atoms with Gasteiger partial charge in [0, 0.05) is 4.90 Å². The molecule has 0 aliphatic rings. The second-order valence-electron chi connectivity index (χ2n) is 6.01. The molecule has 12 heteroatoms. The lowest BCUT2D eigenvalue weighted by Crippen LogP contribution is -2.22. The van der Waals surface area contributed by atoms with E-state index >= 15 is 0 Å². The highest BCUT2D eigenvalue weighted by atomic mass is 32.2. The van der Waals surface area contributed by atoms with Crippen molar-refractivity contribution in [3.05, 3.63) is 72.8 Å². The molecule has 0 bridgehead atoms. The summed E-state index contributed by atoms with van der Waals surface area (Å²) in [5.41, 5.74) is 0. The standard InChI is InChI=1S/C18H15O8PS3/c19-28(20)16-7-1-4-13(10-16)27(14-5-2-8-17(11-14)29(21,22)23)15-6-3-9-18(12-15)30(24,25)26/h1-12H,(H,19,20)(H,21,22,23)(H,24,25,26)/p-1. The maximum Gasteiger partial charge on any atom is 0.294 e. The third-order valence-electron chi connectivity index (χ3n) is 4.02. The first kappa shape index (κ1) is 22.7. The summed E-state index contributed by atoms with van der Waals surface area (Å²) in [5, 5.41) is 1.33. The van der Waals surface area contributed by atoms with Gasteiger partial charge < -0.3 is 4.55 Å². The van der Waals surface area contributed by atoms with E-state index in [0.29, 0.717) is 15.9 Å². The maximum atomic E-state index is 11.6. The molecule has 0 spiro atoms. The molecule has 0 saturated heterocycles. The highest BCUT2D eigenvalue weighted by Crippen LogP contribution is 2.34. The van der Waals surface area contributed by atoms with Gasteiger partial charge in [0.2, 0.25) is 0 Å². The van der Waals surface area contributed by atoms with E-state index in [9.17, 15) is 34.7 Å². The van der Waals surface area contributed by atoms with Crippen LogP contribution in [-0.2, 0) is 31.3 Å². The van der Waals surface area contributed by atoms with Crippen molar-refractivity contribution in [2.24, 2.45) is 0 Å². The van der Waals surface area contributed by atoms with E-state index < -0.39 is 39.2 Å². The fourth-order valence-electron chi connectivity index (χ4n) is 2.74. The number of benzene rings is 3. The summed E-state index contributed by atoms with van der Waals surface area (Å²) in [6.45, 7) is 0. The Hall–Kier alpha value is -1.98. The summed E-state index contributed by atoms with van der Waals surface area (Å²) < 4.78 is 87.9. The molecule has 8 nitrogen and oxygen atoms in total. The largest absolute Gasteiger partial charge is 0.768 e. The normalized spacial score (nSPS) is 13.3. The van der Waals surface area contributed by atoms with Crippen LogP contribution in [0.25, 0.3) is 0 Å². The van der Waals surface area contributed by atoms with Crippen molar-refractivity contribution in [1.82, 2.24) is 0 Å². The van der Waals surface area contributed by atoms with Crippen LogP contribution in [0.4, 0.5) is 0 Å². The molecule has 0 saturated carbocycles. The Balaban J connectivity index is 2.28. The lowest BCUT2D eigenvalue weighted by molar-refractivity contribution is 0.481. The summed E-state index contributed by atoms with van der Waals surface area (Å²) in [7, 11) is -10.6. The molecule has 2 N–H and O–H groups in total. The van der Waals surface area contributed by atoms with Crippen molar-refractivity contribution in [1.29, 1.82) is 0 Å². The Morgan fingerprint density at radius 1 is 0.700 bits per heavy atom. The van der Waals surface area contributed by atoms with Gasteiger partial charge in [0.25, 0.3) is 20.2 Å². The smallest absolute Gasteiger partial charge is 0.294 e. The van der Waals surface area contributed by atoms with Gasteiger partial charge in [0.15, 0.2) is 0 Å². The van der Waals surface area contributed by atoms with Crippen molar-refractivity contribution >= 4 is 55.2 Å². The molecule has 3 rings (SSSR count). The lowest BCUT2D eigenvalue weighted by atomic mass is 10.3. The van der Waals surface area contributed by atoms with Crippen LogP contribution in [-0.4, -0.2) is 34.7 Å². The van der Waals surface area contributed by atoms with E-state index in [1.165, 1.54) is 54.6 Å². The van der Waals surface area contributed by atoms with Crippen LogP contribution in [0.3, 0.4) is 0 Å². The van der Waals surface area contributed by atoms with Crippen LogP contribution in [0.15, 0.2) is 87.5 Å². The van der Waals surface area contributed by atoms with Gasteiger partial charge in [-0.15, -0.1) is 0 Å². The van der Waals surface area contributed by atoms with Gasteiger partial charge in [-0.3, -0.25) is 13.3 Å². The van der Waals surface area contributed by atoms with Crippen molar-refractivity contribution in [3.63, 3.8) is 0 Å². The maximum absolute atomic E-state index is 11.6. The summed E-state index contributed by atoms with van der Waals surface area (Å²) >= 11 is -2.52. The number of hydrogen-bond acceptors (Lipinski definition) is 6. The molecule has 0 radical (unpaired) electrons. The Labute approximate surface area is 177 Å². The third-order valence-corrected chi connectivity index (χ3v) is 8.74. The van der Waals surface area contributed by atoms with Crippen molar-refractivity contribution in [2.75, 3.05) is 0 Å². The van der Waals surface area contributed by atoms with E-state index in [1.807, 2.05) is 0 Å². The van der Waals surface area contributed by atoms with Crippen LogP contribution >= 0.6 is 7.92 Å². The molecular weight excluding hydrogens is 471 g/mol. The first-order chi connectivity index (χ1) is 14.0. The number of rotatable bonds is 6. The zero-order chi connectivity index (χ0) is 22.1. The summed E-state index contributed by atoms with van der Waals surface area (Å²) in [6, 6.07) is 16.8. The first-order valence-electron chi connectivity index (χ1n) is 8.11. The minimum atomic E-state index is -4.50. The second kappa shape index (κ2) is 8.64. The molecule has 0 amide bonds. The predicted molar refractivity (Wildman–Crippen MR) is 112 cm³/mol. The van der Waals surface area contributed by atoms with E-state index in [1.54, 1.807) is 18.2 Å².